The van der Waals surface area contributed by atoms with Gasteiger partial charge in [0.15, 0.2) is 0 Å². The number of hydrogen-bond donors (Lipinski definition) is 2. The molecule has 0 spiro atoms. The van der Waals surface area contributed by atoms with E-state index in [1.165, 1.54) is 24.0 Å². The first-order valence-electron chi connectivity index (χ1n) is 7.20. The van der Waals surface area contributed by atoms with Gasteiger partial charge in [-0.2, -0.15) is 0 Å². The van der Waals surface area contributed by atoms with Gasteiger partial charge in [-0.1, -0.05) is 26.0 Å². The molecule has 2 unspecified atom stereocenters. The second-order valence-corrected chi connectivity index (χ2v) is 5.77. The maximum absolute atomic E-state index is 13.0. The molecule has 7 heteroatoms. The second-order valence-electron chi connectivity index (χ2n) is 5.77. The van der Waals surface area contributed by atoms with Crippen molar-refractivity contribution in [2.75, 3.05) is 13.6 Å². The predicted octanol–water partition coefficient (Wildman–Crippen LogP) is 2.47. The first-order valence-corrected chi connectivity index (χ1v) is 7.20. The van der Waals surface area contributed by atoms with Crippen LogP contribution < -0.4 is 5.32 Å². The average molecular weight is 347 g/mol. The lowest BCUT2D eigenvalue weighted by atomic mass is 9.96. The first-order chi connectivity index (χ1) is 10.2. The molecule has 0 heterocycles. The molecule has 0 aliphatic rings. The molecule has 1 aromatic carbocycles. The van der Waals surface area contributed by atoms with E-state index in [2.05, 4.69) is 5.32 Å². The number of nitrogens with zero attached hydrogens (tertiary/aromatic N) is 1. The molecule has 0 saturated heterocycles. The van der Waals surface area contributed by atoms with Crippen LogP contribution in [0.5, 0.6) is 0 Å². The fraction of sp³-hybridized carbons (Fsp3) is 0.500. The monoisotopic (exact) mass is 346 g/mol. The molecular formula is C16H24ClFN2O3. The molecule has 130 valence electrons. The maximum atomic E-state index is 13.0. The summed E-state index contributed by atoms with van der Waals surface area (Å²) in [6.07, 6.45) is 0. The first kappa shape index (κ1) is 21.3. The standard InChI is InChI=1S/C16H23FN2O3.ClH/c1-10(2)15(12-5-7-13(17)8-6-12)18-14(20)9-19(4)11(3)16(21)22;/h5-8,10-11,15H,9H2,1-4H3,(H,18,20)(H,21,22);1H. The van der Waals surface area contributed by atoms with E-state index in [0.29, 0.717) is 0 Å². The zero-order valence-electron chi connectivity index (χ0n) is 13.7. The summed E-state index contributed by atoms with van der Waals surface area (Å²) in [4.78, 5) is 24.5. The van der Waals surface area contributed by atoms with E-state index < -0.39 is 12.0 Å². The second kappa shape index (κ2) is 9.47. The van der Waals surface area contributed by atoms with Crippen LogP contribution >= 0.6 is 12.4 Å². The van der Waals surface area contributed by atoms with E-state index in [0.717, 1.165) is 5.56 Å². The van der Waals surface area contributed by atoms with Crippen LogP contribution in [0.15, 0.2) is 24.3 Å². The molecule has 2 atom stereocenters. The van der Waals surface area contributed by atoms with Gasteiger partial charge in [-0.25, -0.2) is 4.39 Å². The van der Waals surface area contributed by atoms with Gasteiger partial charge in [-0.3, -0.25) is 14.5 Å². The minimum absolute atomic E-state index is 0. The number of rotatable bonds is 7. The number of carboxylic acids is 1. The van der Waals surface area contributed by atoms with Crippen molar-refractivity contribution < 1.29 is 19.1 Å². The molecule has 0 saturated carbocycles. The minimum atomic E-state index is -0.978. The SMILES string of the molecule is CC(C)C(NC(=O)CN(C)C(C)C(=O)O)c1ccc(F)cc1.Cl. The van der Waals surface area contributed by atoms with E-state index in [-0.39, 0.29) is 42.6 Å². The van der Waals surface area contributed by atoms with Crippen molar-refractivity contribution >= 4 is 24.3 Å². The normalized spacial score (nSPS) is 13.3. The van der Waals surface area contributed by atoms with Gasteiger partial charge in [0, 0.05) is 0 Å². The third-order valence-electron chi connectivity index (χ3n) is 3.62. The summed E-state index contributed by atoms with van der Waals surface area (Å²) < 4.78 is 13.0. The largest absolute Gasteiger partial charge is 0.480 e. The van der Waals surface area contributed by atoms with Crippen LogP contribution in [0.4, 0.5) is 4.39 Å². The van der Waals surface area contributed by atoms with Crippen molar-refractivity contribution in [3.8, 4) is 0 Å². The number of benzene rings is 1. The number of hydrogen-bond acceptors (Lipinski definition) is 3. The fourth-order valence-corrected chi connectivity index (χ4v) is 2.08. The number of carbonyl (C=O) groups is 2. The number of likely N-dealkylation sites (N-methyl/N-ethyl adjacent to an activating group) is 1. The number of halogens is 2. The number of nitrogens with one attached hydrogen (secondary N) is 1. The molecule has 0 radical (unpaired) electrons. The summed E-state index contributed by atoms with van der Waals surface area (Å²) in [5.74, 6) is -1.45. The van der Waals surface area contributed by atoms with Gasteiger partial charge in [-0.15, -0.1) is 12.4 Å². The smallest absolute Gasteiger partial charge is 0.320 e. The van der Waals surface area contributed by atoms with Crippen molar-refractivity contribution in [3.63, 3.8) is 0 Å². The molecule has 0 fully saturated rings. The average Bonchev–Trinajstić information content (AvgIpc) is 2.44. The van der Waals surface area contributed by atoms with Gasteiger partial charge in [0.05, 0.1) is 12.6 Å². The van der Waals surface area contributed by atoms with Crippen LogP contribution in [-0.4, -0.2) is 41.5 Å². The van der Waals surface area contributed by atoms with Crippen LogP contribution in [-0.2, 0) is 9.59 Å². The van der Waals surface area contributed by atoms with Crippen LogP contribution in [0.25, 0.3) is 0 Å². The Labute approximate surface area is 142 Å². The van der Waals surface area contributed by atoms with Crippen LogP contribution in [0.3, 0.4) is 0 Å². The zero-order chi connectivity index (χ0) is 16.9. The van der Waals surface area contributed by atoms with Gasteiger partial charge < -0.3 is 10.4 Å². The Bertz CT molecular complexity index is 523. The van der Waals surface area contributed by atoms with Crippen molar-refractivity contribution in [3.05, 3.63) is 35.6 Å². The van der Waals surface area contributed by atoms with Crippen LogP contribution in [0.1, 0.15) is 32.4 Å². The molecule has 1 rings (SSSR count). The summed E-state index contributed by atoms with van der Waals surface area (Å²) in [6.45, 7) is 5.42. The quantitative estimate of drug-likeness (QED) is 0.795. The Morgan fingerprint density at radius 2 is 1.74 bits per heavy atom. The number of amides is 1. The van der Waals surface area contributed by atoms with Crippen molar-refractivity contribution in [2.45, 2.75) is 32.9 Å². The molecule has 0 aliphatic carbocycles. The Kier molecular flexibility index (Phi) is 8.79. The van der Waals surface area contributed by atoms with Gasteiger partial charge >= 0.3 is 5.97 Å². The molecule has 5 nitrogen and oxygen atoms in total. The molecule has 2 N–H and O–H groups in total. The number of aliphatic carboxylic acids is 1. The lowest BCUT2D eigenvalue weighted by Crippen LogP contribution is -2.44. The third kappa shape index (κ3) is 6.54. The van der Waals surface area contributed by atoms with E-state index in [4.69, 9.17) is 5.11 Å². The van der Waals surface area contributed by atoms with Gasteiger partial charge in [0.25, 0.3) is 0 Å². The summed E-state index contributed by atoms with van der Waals surface area (Å²) in [5.41, 5.74) is 0.818. The van der Waals surface area contributed by atoms with Gasteiger partial charge in [0.1, 0.15) is 11.9 Å². The van der Waals surface area contributed by atoms with Crippen LogP contribution in [0, 0.1) is 11.7 Å². The topological polar surface area (TPSA) is 69.6 Å². The van der Waals surface area contributed by atoms with Crippen molar-refractivity contribution in [2.24, 2.45) is 5.92 Å². The summed E-state index contributed by atoms with van der Waals surface area (Å²) in [7, 11) is 1.58. The van der Waals surface area contributed by atoms with Crippen molar-refractivity contribution in [1.29, 1.82) is 0 Å². The molecule has 0 bridgehead atoms. The van der Waals surface area contributed by atoms with Gasteiger partial charge in [-0.05, 0) is 37.6 Å². The highest BCUT2D eigenvalue weighted by molar-refractivity contribution is 5.85. The van der Waals surface area contributed by atoms with Gasteiger partial charge in [0.2, 0.25) is 5.91 Å². The zero-order valence-corrected chi connectivity index (χ0v) is 14.6. The fourth-order valence-electron chi connectivity index (χ4n) is 2.08. The predicted molar refractivity (Wildman–Crippen MR) is 89.1 cm³/mol. The molecule has 1 amide bonds. The highest BCUT2D eigenvalue weighted by Crippen LogP contribution is 2.21. The Hall–Kier alpha value is -1.66. The van der Waals surface area contributed by atoms with Crippen LogP contribution in [0.2, 0.25) is 0 Å². The third-order valence-corrected chi connectivity index (χ3v) is 3.62. The maximum Gasteiger partial charge on any atom is 0.320 e. The van der Waals surface area contributed by atoms with E-state index in [1.54, 1.807) is 19.2 Å². The number of carbonyl (C=O) groups excluding carboxylic acids is 1. The minimum Gasteiger partial charge on any atom is -0.480 e. The molecule has 0 aliphatic heterocycles. The molecular weight excluding hydrogens is 323 g/mol. The van der Waals surface area contributed by atoms with E-state index in [9.17, 15) is 14.0 Å². The molecule has 0 aromatic heterocycles. The lowest BCUT2D eigenvalue weighted by molar-refractivity contribution is -0.142. The Balaban J connectivity index is 0.00000484. The Morgan fingerprint density at radius 3 is 2.17 bits per heavy atom. The molecule has 23 heavy (non-hydrogen) atoms. The summed E-state index contributed by atoms with van der Waals surface area (Å²) >= 11 is 0. The highest BCUT2D eigenvalue weighted by atomic mass is 35.5. The number of carboxylic acid groups (broad SMARTS) is 1. The van der Waals surface area contributed by atoms with Crippen molar-refractivity contribution in [1.82, 2.24) is 10.2 Å². The van der Waals surface area contributed by atoms with E-state index >= 15 is 0 Å². The summed E-state index contributed by atoms with van der Waals surface area (Å²) in [6, 6.07) is 5.01. The lowest BCUT2D eigenvalue weighted by Gasteiger charge is -2.26. The summed E-state index contributed by atoms with van der Waals surface area (Å²) in [5, 5.41) is 11.8. The highest BCUT2D eigenvalue weighted by Gasteiger charge is 2.22. The molecule has 1 aromatic rings. The van der Waals surface area contributed by atoms with E-state index in [1.807, 2.05) is 13.8 Å². The Morgan fingerprint density at radius 1 is 1.22 bits per heavy atom.